The largest absolute Gasteiger partial charge is 0.383 e. The Labute approximate surface area is 111 Å². The first kappa shape index (κ1) is 13.4. The van der Waals surface area contributed by atoms with Crippen LogP contribution in [0.1, 0.15) is 43.2 Å². The van der Waals surface area contributed by atoms with E-state index in [1.807, 2.05) is 0 Å². The molecule has 2 nitrogen and oxygen atoms in total. The van der Waals surface area contributed by atoms with Crippen molar-refractivity contribution in [2.45, 2.75) is 52.0 Å². The molecule has 0 atom stereocenters. The summed E-state index contributed by atoms with van der Waals surface area (Å²) in [5, 5.41) is 7.23. The lowest BCUT2D eigenvalue weighted by Gasteiger charge is -2.23. The van der Waals surface area contributed by atoms with Crippen LogP contribution in [0.4, 0.5) is 5.69 Å². The lowest BCUT2D eigenvalue weighted by atomic mass is 9.95. The third kappa shape index (κ3) is 3.74. The van der Waals surface area contributed by atoms with Gasteiger partial charge < -0.3 is 10.6 Å². The summed E-state index contributed by atoms with van der Waals surface area (Å²) in [5.74, 6) is 0. The van der Waals surface area contributed by atoms with Crippen molar-refractivity contribution in [3.63, 3.8) is 0 Å². The number of hydrogen-bond donors (Lipinski definition) is 2. The Morgan fingerprint density at radius 2 is 1.67 bits per heavy atom. The predicted octanol–water partition coefficient (Wildman–Crippen LogP) is 3.64. The zero-order valence-corrected chi connectivity index (χ0v) is 11.8. The molecule has 1 saturated carbocycles. The second kappa shape index (κ2) is 6.79. The molecule has 100 valence electrons. The molecule has 1 aromatic rings. The van der Waals surface area contributed by atoms with Gasteiger partial charge in [0.05, 0.1) is 0 Å². The second-order valence-corrected chi connectivity index (χ2v) is 5.48. The van der Waals surface area contributed by atoms with Crippen LogP contribution in [0.15, 0.2) is 18.2 Å². The Morgan fingerprint density at radius 1 is 1.00 bits per heavy atom. The summed E-state index contributed by atoms with van der Waals surface area (Å²) in [6, 6.07) is 7.22. The number of benzene rings is 1. The zero-order valence-electron chi connectivity index (χ0n) is 11.8. The summed E-state index contributed by atoms with van der Waals surface area (Å²) < 4.78 is 0. The van der Waals surface area contributed by atoms with E-state index in [1.54, 1.807) is 0 Å². The minimum atomic E-state index is 0.763. The maximum Gasteiger partial charge on any atom is 0.0400 e. The maximum atomic E-state index is 3.67. The van der Waals surface area contributed by atoms with Crippen molar-refractivity contribution in [1.29, 1.82) is 0 Å². The van der Waals surface area contributed by atoms with Crippen molar-refractivity contribution in [2.24, 2.45) is 0 Å². The van der Waals surface area contributed by atoms with E-state index >= 15 is 0 Å². The fourth-order valence-electron chi connectivity index (χ4n) is 2.86. The van der Waals surface area contributed by atoms with Crippen LogP contribution in [0.3, 0.4) is 0 Å². The molecule has 2 heteroatoms. The highest BCUT2D eigenvalue weighted by atomic mass is 15.0. The number of hydrogen-bond acceptors (Lipinski definition) is 2. The van der Waals surface area contributed by atoms with Gasteiger partial charge in [-0.3, -0.25) is 0 Å². The van der Waals surface area contributed by atoms with Gasteiger partial charge in [0.1, 0.15) is 0 Å². The first-order valence-corrected chi connectivity index (χ1v) is 7.31. The van der Waals surface area contributed by atoms with Gasteiger partial charge in [-0.2, -0.15) is 0 Å². The zero-order chi connectivity index (χ0) is 12.8. The molecule has 0 aliphatic heterocycles. The van der Waals surface area contributed by atoms with Crippen LogP contribution in [0.25, 0.3) is 0 Å². The summed E-state index contributed by atoms with van der Waals surface area (Å²) in [7, 11) is 0. The first-order chi connectivity index (χ1) is 8.77. The average Bonchev–Trinajstić information content (AvgIpc) is 2.38. The Morgan fingerprint density at radius 3 is 2.33 bits per heavy atom. The summed E-state index contributed by atoms with van der Waals surface area (Å²) in [6.45, 7) is 6.43. The number of rotatable bonds is 5. The Balaban J connectivity index is 1.71. The van der Waals surface area contributed by atoms with Crippen molar-refractivity contribution in [3.8, 4) is 0 Å². The third-order valence-electron chi connectivity index (χ3n) is 3.95. The van der Waals surface area contributed by atoms with Gasteiger partial charge in [-0.1, -0.05) is 37.5 Å². The van der Waals surface area contributed by atoms with E-state index in [9.17, 15) is 0 Å². The summed E-state index contributed by atoms with van der Waals surface area (Å²) >= 11 is 0. The predicted molar refractivity (Wildman–Crippen MR) is 79.3 cm³/mol. The monoisotopic (exact) mass is 246 g/mol. The molecule has 1 aliphatic rings. The quantitative estimate of drug-likeness (QED) is 0.775. The Bertz CT molecular complexity index is 347. The van der Waals surface area contributed by atoms with E-state index in [-0.39, 0.29) is 0 Å². The van der Waals surface area contributed by atoms with E-state index in [0.717, 1.165) is 19.1 Å². The van der Waals surface area contributed by atoms with Gasteiger partial charge in [0.25, 0.3) is 0 Å². The van der Waals surface area contributed by atoms with Crippen LogP contribution in [0, 0.1) is 13.8 Å². The molecule has 1 fully saturated rings. The Kier molecular flexibility index (Phi) is 5.06. The molecular weight excluding hydrogens is 220 g/mol. The van der Waals surface area contributed by atoms with E-state index in [4.69, 9.17) is 0 Å². The molecular formula is C16H26N2. The van der Waals surface area contributed by atoms with Gasteiger partial charge in [-0.05, 0) is 37.8 Å². The summed E-state index contributed by atoms with van der Waals surface area (Å²) in [6.07, 6.45) is 6.97. The van der Waals surface area contributed by atoms with E-state index in [2.05, 4.69) is 42.7 Å². The van der Waals surface area contributed by atoms with E-state index in [0.29, 0.717) is 0 Å². The Hall–Kier alpha value is -1.02. The average molecular weight is 246 g/mol. The maximum absolute atomic E-state index is 3.67. The van der Waals surface area contributed by atoms with Crippen molar-refractivity contribution in [2.75, 3.05) is 18.4 Å². The van der Waals surface area contributed by atoms with Crippen molar-refractivity contribution < 1.29 is 0 Å². The SMILES string of the molecule is Cc1cccc(C)c1NCCNC1CCCCC1. The smallest absolute Gasteiger partial charge is 0.0400 e. The van der Waals surface area contributed by atoms with Crippen LogP contribution in [-0.4, -0.2) is 19.1 Å². The van der Waals surface area contributed by atoms with Gasteiger partial charge >= 0.3 is 0 Å². The van der Waals surface area contributed by atoms with Gasteiger partial charge in [-0.25, -0.2) is 0 Å². The van der Waals surface area contributed by atoms with Crippen LogP contribution in [-0.2, 0) is 0 Å². The molecule has 0 bridgehead atoms. The van der Waals surface area contributed by atoms with E-state index < -0.39 is 0 Å². The van der Waals surface area contributed by atoms with Crippen molar-refractivity contribution in [1.82, 2.24) is 5.32 Å². The van der Waals surface area contributed by atoms with Crippen molar-refractivity contribution in [3.05, 3.63) is 29.3 Å². The first-order valence-electron chi connectivity index (χ1n) is 7.31. The minimum absolute atomic E-state index is 0.763. The lowest BCUT2D eigenvalue weighted by Crippen LogP contribution is -2.34. The molecule has 0 amide bonds. The molecule has 1 aliphatic carbocycles. The van der Waals surface area contributed by atoms with Crippen LogP contribution >= 0.6 is 0 Å². The number of aryl methyl sites for hydroxylation is 2. The normalized spacial score (nSPS) is 16.8. The molecule has 18 heavy (non-hydrogen) atoms. The molecule has 0 radical (unpaired) electrons. The number of anilines is 1. The van der Waals surface area contributed by atoms with Gasteiger partial charge in [0.15, 0.2) is 0 Å². The molecule has 0 unspecified atom stereocenters. The fraction of sp³-hybridized carbons (Fsp3) is 0.625. The standard InChI is InChI=1S/C16H26N2/c1-13-7-6-8-14(2)16(13)18-12-11-17-15-9-4-3-5-10-15/h6-8,15,17-18H,3-5,9-12H2,1-2H3. The van der Waals surface area contributed by atoms with Gasteiger partial charge in [0.2, 0.25) is 0 Å². The topological polar surface area (TPSA) is 24.1 Å². The fourth-order valence-corrected chi connectivity index (χ4v) is 2.86. The third-order valence-corrected chi connectivity index (χ3v) is 3.95. The lowest BCUT2D eigenvalue weighted by molar-refractivity contribution is 0.378. The van der Waals surface area contributed by atoms with Crippen LogP contribution < -0.4 is 10.6 Å². The minimum Gasteiger partial charge on any atom is -0.383 e. The van der Waals surface area contributed by atoms with Gasteiger partial charge in [-0.15, -0.1) is 0 Å². The molecule has 2 rings (SSSR count). The summed E-state index contributed by atoms with van der Waals surface area (Å²) in [5.41, 5.74) is 3.99. The molecule has 0 aromatic heterocycles. The summed E-state index contributed by atoms with van der Waals surface area (Å²) in [4.78, 5) is 0. The molecule has 1 aromatic carbocycles. The van der Waals surface area contributed by atoms with Crippen molar-refractivity contribution >= 4 is 5.69 Å². The highest BCUT2D eigenvalue weighted by Crippen LogP contribution is 2.19. The van der Waals surface area contributed by atoms with Crippen LogP contribution in [0.5, 0.6) is 0 Å². The molecule has 0 heterocycles. The highest BCUT2D eigenvalue weighted by Gasteiger charge is 2.11. The number of nitrogens with one attached hydrogen (secondary N) is 2. The van der Waals surface area contributed by atoms with Crippen LogP contribution in [0.2, 0.25) is 0 Å². The van der Waals surface area contributed by atoms with E-state index in [1.165, 1.54) is 48.9 Å². The molecule has 0 saturated heterocycles. The van der Waals surface area contributed by atoms with Gasteiger partial charge in [0, 0.05) is 24.8 Å². The second-order valence-electron chi connectivity index (χ2n) is 5.48. The highest BCUT2D eigenvalue weighted by molar-refractivity contribution is 5.56. The number of para-hydroxylation sites is 1. The molecule has 2 N–H and O–H groups in total. The molecule has 0 spiro atoms.